The number of nitrogens with one attached hydrogen (secondary N) is 1. The first-order valence-corrected chi connectivity index (χ1v) is 8.07. The molecule has 0 bridgehead atoms. The maximum absolute atomic E-state index is 12.9. The zero-order chi connectivity index (χ0) is 15.1. The summed E-state index contributed by atoms with van der Waals surface area (Å²) in [4.78, 5) is 2.42. The van der Waals surface area contributed by atoms with Gasteiger partial charge in [0, 0.05) is 6.54 Å². The van der Waals surface area contributed by atoms with Crippen LogP contribution >= 0.6 is 11.6 Å². The van der Waals surface area contributed by atoms with Crippen molar-refractivity contribution in [1.82, 2.24) is 10.2 Å². The molecule has 1 aromatic carbocycles. The summed E-state index contributed by atoms with van der Waals surface area (Å²) in [5.74, 6) is 1.02. The highest BCUT2D eigenvalue weighted by molar-refractivity contribution is 6.32. The summed E-state index contributed by atoms with van der Waals surface area (Å²) in [5, 5.41) is 3.75. The maximum Gasteiger partial charge on any atom is 0.138 e. The predicted octanol–water partition coefficient (Wildman–Crippen LogP) is 3.18. The van der Waals surface area contributed by atoms with E-state index >= 15 is 0 Å². The number of benzene rings is 1. The molecule has 0 aromatic heterocycles. The van der Waals surface area contributed by atoms with E-state index in [1.165, 1.54) is 25.0 Å². The lowest BCUT2D eigenvalue weighted by atomic mass is 9.97. The van der Waals surface area contributed by atoms with E-state index < -0.39 is 0 Å². The lowest BCUT2D eigenvalue weighted by Gasteiger charge is -2.31. The Bertz CT molecular complexity index is 436. The molecule has 0 unspecified atom stereocenters. The number of halogens is 2. The van der Waals surface area contributed by atoms with Crippen LogP contribution in [0.25, 0.3) is 0 Å². The lowest BCUT2D eigenvalue weighted by molar-refractivity contribution is 0.154. The van der Waals surface area contributed by atoms with Crippen molar-refractivity contribution < 1.29 is 9.13 Å². The Morgan fingerprint density at radius 2 is 2.14 bits per heavy atom. The van der Waals surface area contributed by atoms with Gasteiger partial charge in [0.15, 0.2) is 0 Å². The van der Waals surface area contributed by atoms with Crippen LogP contribution < -0.4 is 10.1 Å². The van der Waals surface area contributed by atoms with E-state index in [1.54, 1.807) is 6.07 Å². The van der Waals surface area contributed by atoms with Crippen molar-refractivity contribution in [1.29, 1.82) is 0 Å². The van der Waals surface area contributed by atoms with Crippen LogP contribution in [0, 0.1) is 11.7 Å². The minimum Gasteiger partial charge on any atom is -0.491 e. The molecule has 1 fully saturated rings. The molecular weight excluding hydrogens is 291 g/mol. The van der Waals surface area contributed by atoms with Gasteiger partial charge in [0.1, 0.15) is 18.2 Å². The molecule has 0 spiro atoms. The molecule has 0 atom stereocenters. The molecule has 5 heteroatoms. The average Bonchev–Trinajstić information content (AvgIpc) is 2.48. The van der Waals surface area contributed by atoms with Gasteiger partial charge < -0.3 is 10.1 Å². The Morgan fingerprint density at radius 1 is 1.38 bits per heavy atom. The molecule has 3 nitrogen and oxygen atoms in total. The van der Waals surface area contributed by atoms with Crippen LogP contribution in [0.2, 0.25) is 5.02 Å². The highest BCUT2D eigenvalue weighted by Gasteiger charge is 2.18. The molecule has 0 radical (unpaired) electrons. The summed E-state index contributed by atoms with van der Waals surface area (Å²) in [7, 11) is 0. The van der Waals surface area contributed by atoms with Gasteiger partial charge in [-0.15, -0.1) is 0 Å². The standard InChI is InChI=1S/C16H24ClFN2O/c1-2-19-12-13-5-7-20(8-6-13)9-10-21-16-4-3-14(18)11-15(16)17/h3-4,11,13,19H,2,5-10,12H2,1H3. The second kappa shape index (κ2) is 8.57. The van der Waals surface area contributed by atoms with E-state index in [4.69, 9.17) is 16.3 Å². The van der Waals surface area contributed by atoms with Gasteiger partial charge in [-0.2, -0.15) is 0 Å². The minimum atomic E-state index is -0.338. The first-order chi connectivity index (χ1) is 10.2. The van der Waals surface area contributed by atoms with E-state index in [0.717, 1.165) is 38.6 Å². The Balaban J connectivity index is 1.66. The van der Waals surface area contributed by atoms with Gasteiger partial charge in [-0.1, -0.05) is 18.5 Å². The fraction of sp³-hybridized carbons (Fsp3) is 0.625. The van der Waals surface area contributed by atoms with Crippen molar-refractivity contribution in [2.24, 2.45) is 5.92 Å². The van der Waals surface area contributed by atoms with Gasteiger partial charge in [0.2, 0.25) is 0 Å². The minimum absolute atomic E-state index is 0.333. The normalized spacial score (nSPS) is 17.1. The molecule has 0 saturated carbocycles. The molecule has 21 heavy (non-hydrogen) atoms. The second-order valence-electron chi connectivity index (χ2n) is 5.52. The summed E-state index contributed by atoms with van der Waals surface area (Å²) >= 11 is 5.93. The number of piperidine rings is 1. The summed E-state index contributed by atoms with van der Waals surface area (Å²) in [6, 6.07) is 4.23. The van der Waals surface area contributed by atoms with Crippen molar-refractivity contribution in [3.05, 3.63) is 29.0 Å². The summed E-state index contributed by atoms with van der Waals surface area (Å²) < 4.78 is 18.6. The lowest BCUT2D eigenvalue weighted by Crippen LogP contribution is -2.39. The first-order valence-electron chi connectivity index (χ1n) is 7.70. The third kappa shape index (κ3) is 5.46. The van der Waals surface area contributed by atoms with Crippen LogP contribution in [0.15, 0.2) is 18.2 Å². The summed E-state index contributed by atoms with van der Waals surface area (Å²) in [5.41, 5.74) is 0. The molecule has 118 valence electrons. The molecular formula is C16H24ClFN2O. The fourth-order valence-electron chi connectivity index (χ4n) is 2.64. The number of hydrogen-bond acceptors (Lipinski definition) is 3. The highest BCUT2D eigenvalue weighted by atomic mass is 35.5. The second-order valence-corrected chi connectivity index (χ2v) is 5.92. The van der Waals surface area contributed by atoms with E-state index in [-0.39, 0.29) is 5.82 Å². The van der Waals surface area contributed by atoms with Gasteiger partial charge in [-0.25, -0.2) is 4.39 Å². The Kier molecular flexibility index (Phi) is 6.74. The predicted molar refractivity (Wildman–Crippen MR) is 84.6 cm³/mol. The van der Waals surface area contributed by atoms with Gasteiger partial charge in [-0.3, -0.25) is 4.90 Å². The third-order valence-electron chi connectivity index (χ3n) is 3.95. The van der Waals surface area contributed by atoms with Crippen LogP contribution in [0.3, 0.4) is 0 Å². The molecule has 1 N–H and O–H groups in total. The molecule has 1 saturated heterocycles. The Morgan fingerprint density at radius 3 is 2.81 bits per heavy atom. The van der Waals surface area contributed by atoms with Crippen molar-refractivity contribution in [2.75, 3.05) is 39.3 Å². The Hall–Kier alpha value is -0.840. The monoisotopic (exact) mass is 314 g/mol. The van der Waals surface area contributed by atoms with Crippen LogP contribution in [0.1, 0.15) is 19.8 Å². The Labute approximate surface area is 131 Å². The van der Waals surface area contributed by atoms with Gasteiger partial charge in [0.05, 0.1) is 5.02 Å². The summed E-state index contributed by atoms with van der Waals surface area (Å²) in [6.45, 7) is 8.05. The van der Waals surface area contributed by atoms with E-state index in [0.29, 0.717) is 17.4 Å². The zero-order valence-electron chi connectivity index (χ0n) is 12.6. The van der Waals surface area contributed by atoms with Crippen LogP contribution in [-0.2, 0) is 0 Å². The molecule has 1 aliphatic heterocycles. The molecule has 2 rings (SSSR count). The largest absolute Gasteiger partial charge is 0.491 e. The quantitative estimate of drug-likeness (QED) is 0.836. The van der Waals surface area contributed by atoms with E-state index in [2.05, 4.69) is 17.1 Å². The average molecular weight is 315 g/mol. The van der Waals surface area contributed by atoms with Crippen molar-refractivity contribution in [3.8, 4) is 5.75 Å². The summed E-state index contributed by atoms with van der Waals surface area (Å²) in [6.07, 6.45) is 2.48. The van der Waals surface area contributed by atoms with Crippen molar-refractivity contribution in [2.45, 2.75) is 19.8 Å². The van der Waals surface area contributed by atoms with Crippen molar-refractivity contribution in [3.63, 3.8) is 0 Å². The fourth-order valence-corrected chi connectivity index (χ4v) is 2.86. The van der Waals surface area contributed by atoms with Crippen LogP contribution in [0.4, 0.5) is 4.39 Å². The maximum atomic E-state index is 12.9. The first kappa shape index (κ1) is 16.5. The van der Waals surface area contributed by atoms with E-state index in [1.807, 2.05) is 0 Å². The molecule has 0 aliphatic carbocycles. The van der Waals surface area contributed by atoms with Gasteiger partial charge in [-0.05, 0) is 63.1 Å². The SMILES string of the molecule is CCNCC1CCN(CCOc2ccc(F)cc2Cl)CC1. The van der Waals surface area contributed by atoms with Crippen molar-refractivity contribution >= 4 is 11.6 Å². The molecule has 1 heterocycles. The number of ether oxygens (including phenoxy) is 1. The topological polar surface area (TPSA) is 24.5 Å². The molecule has 1 aliphatic rings. The van der Waals surface area contributed by atoms with E-state index in [9.17, 15) is 4.39 Å². The van der Waals surface area contributed by atoms with Gasteiger partial charge in [0.25, 0.3) is 0 Å². The number of rotatable bonds is 7. The smallest absolute Gasteiger partial charge is 0.138 e. The van der Waals surface area contributed by atoms with Crippen LogP contribution in [-0.4, -0.2) is 44.2 Å². The molecule has 1 aromatic rings. The number of likely N-dealkylation sites (tertiary alicyclic amines) is 1. The number of nitrogens with zero attached hydrogens (tertiary/aromatic N) is 1. The van der Waals surface area contributed by atoms with Gasteiger partial charge >= 0.3 is 0 Å². The number of hydrogen-bond donors (Lipinski definition) is 1. The highest BCUT2D eigenvalue weighted by Crippen LogP contribution is 2.25. The zero-order valence-corrected chi connectivity index (χ0v) is 13.3. The third-order valence-corrected chi connectivity index (χ3v) is 4.24. The molecule has 0 amide bonds. The van der Waals surface area contributed by atoms with Crippen LogP contribution in [0.5, 0.6) is 5.75 Å².